The highest BCUT2D eigenvalue weighted by molar-refractivity contribution is 6.33. The first-order chi connectivity index (χ1) is 9.04. The van der Waals surface area contributed by atoms with Crippen molar-refractivity contribution >= 4 is 29.1 Å². The van der Waals surface area contributed by atoms with Crippen molar-refractivity contribution in [3.63, 3.8) is 0 Å². The molecule has 1 aromatic rings. The maximum absolute atomic E-state index is 13.0. The molecule has 0 saturated heterocycles. The summed E-state index contributed by atoms with van der Waals surface area (Å²) in [4.78, 5) is 14.2. The number of hydrogen-bond donors (Lipinski definition) is 0. The number of alkyl halides is 1. The lowest BCUT2D eigenvalue weighted by Crippen LogP contribution is -2.41. The number of hydrogen-bond acceptors (Lipinski definition) is 1. The van der Waals surface area contributed by atoms with Crippen molar-refractivity contribution in [3.8, 4) is 0 Å². The van der Waals surface area contributed by atoms with E-state index in [4.69, 9.17) is 23.2 Å². The van der Waals surface area contributed by atoms with E-state index >= 15 is 0 Å². The molecule has 0 fully saturated rings. The van der Waals surface area contributed by atoms with E-state index in [1.807, 2.05) is 13.8 Å². The van der Waals surface area contributed by atoms with Crippen LogP contribution in [0.5, 0.6) is 0 Å². The van der Waals surface area contributed by atoms with Crippen LogP contribution in [0.1, 0.15) is 37.0 Å². The molecule has 0 unspecified atom stereocenters. The van der Waals surface area contributed by atoms with Gasteiger partial charge in [-0.15, -0.1) is 11.6 Å². The lowest BCUT2D eigenvalue weighted by Gasteiger charge is -2.30. The number of rotatable bonds is 6. The summed E-state index contributed by atoms with van der Waals surface area (Å²) in [5, 5.41) is 0.135. The van der Waals surface area contributed by atoms with Gasteiger partial charge >= 0.3 is 0 Å². The Morgan fingerprint density at radius 3 is 2.47 bits per heavy atom. The molecule has 0 atom stereocenters. The highest BCUT2D eigenvalue weighted by Gasteiger charge is 2.23. The molecule has 19 heavy (non-hydrogen) atoms. The topological polar surface area (TPSA) is 20.3 Å². The number of nitrogens with zero attached hydrogens (tertiary/aromatic N) is 1. The molecule has 0 aliphatic carbocycles. The molecule has 1 rings (SSSR count). The highest BCUT2D eigenvalue weighted by Crippen LogP contribution is 2.21. The van der Waals surface area contributed by atoms with Crippen LogP contribution in [0.15, 0.2) is 18.2 Å². The Morgan fingerprint density at radius 1 is 1.37 bits per heavy atom. The first kappa shape index (κ1) is 16.3. The van der Waals surface area contributed by atoms with Crippen LogP contribution < -0.4 is 0 Å². The molecule has 1 aromatic carbocycles. The van der Waals surface area contributed by atoms with Crippen molar-refractivity contribution in [2.45, 2.75) is 32.7 Å². The van der Waals surface area contributed by atoms with Crippen molar-refractivity contribution < 1.29 is 9.18 Å². The Bertz CT molecular complexity index is 435. The summed E-state index contributed by atoms with van der Waals surface area (Å²) < 4.78 is 13.0. The molecule has 0 bridgehead atoms. The third-order valence-electron chi connectivity index (χ3n) is 3.13. The molecule has 0 aromatic heterocycles. The van der Waals surface area contributed by atoms with Gasteiger partial charge in [0.05, 0.1) is 10.6 Å². The van der Waals surface area contributed by atoms with Gasteiger partial charge in [0, 0.05) is 18.5 Å². The summed E-state index contributed by atoms with van der Waals surface area (Å²) in [6, 6.07) is 3.93. The van der Waals surface area contributed by atoms with Gasteiger partial charge in [-0.2, -0.15) is 0 Å². The average molecular weight is 306 g/mol. The summed E-state index contributed by atoms with van der Waals surface area (Å²) in [7, 11) is 0. The third kappa shape index (κ3) is 4.08. The number of carbonyl (C=O) groups excluding carboxylic acids is 1. The Balaban J connectivity index is 3.04. The van der Waals surface area contributed by atoms with Gasteiger partial charge in [-0.05, 0) is 31.0 Å². The number of amides is 1. The molecule has 0 heterocycles. The second kappa shape index (κ2) is 7.71. The molecule has 0 aliphatic rings. The largest absolute Gasteiger partial charge is 0.334 e. The van der Waals surface area contributed by atoms with E-state index in [1.165, 1.54) is 12.1 Å². The van der Waals surface area contributed by atoms with Crippen LogP contribution in [0.2, 0.25) is 5.02 Å². The van der Waals surface area contributed by atoms with Crippen molar-refractivity contribution in [3.05, 3.63) is 34.6 Å². The minimum Gasteiger partial charge on any atom is -0.334 e. The first-order valence-electron chi connectivity index (χ1n) is 6.37. The van der Waals surface area contributed by atoms with Crippen LogP contribution in [0.25, 0.3) is 0 Å². The van der Waals surface area contributed by atoms with Gasteiger partial charge in [-0.1, -0.05) is 25.4 Å². The van der Waals surface area contributed by atoms with Gasteiger partial charge in [-0.3, -0.25) is 4.79 Å². The van der Waals surface area contributed by atoms with Crippen LogP contribution in [0.4, 0.5) is 4.39 Å². The lowest BCUT2D eigenvalue weighted by atomic mass is 10.1. The van der Waals surface area contributed by atoms with Crippen molar-refractivity contribution in [1.29, 1.82) is 0 Å². The molecule has 5 heteroatoms. The number of carbonyl (C=O) groups is 1. The summed E-state index contributed by atoms with van der Waals surface area (Å²) in [6.45, 7) is 4.50. The molecule has 0 spiro atoms. The standard InChI is InChI=1S/C14H18Cl2FNO/c1-3-11(4-2)18(8-7-15)14(19)12-6-5-10(17)9-13(12)16/h5-6,9,11H,3-4,7-8H2,1-2H3. The first-order valence-corrected chi connectivity index (χ1v) is 7.28. The molecule has 1 amide bonds. The molecule has 0 saturated carbocycles. The molecule has 106 valence electrons. The van der Waals surface area contributed by atoms with Crippen LogP contribution in [-0.2, 0) is 0 Å². The minimum absolute atomic E-state index is 0.118. The fraction of sp³-hybridized carbons (Fsp3) is 0.500. The monoisotopic (exact) mass is 305 g/mol. The lowest BCUT2D eigenvalue weighted by molar-refractivity contribution is 0.0682. The Kier molecular flexibility index (Phi) is 6.59. The van der Waals surface area contributed by atoms with Crippen molar-refractivity contribution in [2.75, 3.05) is 12.4 Å². The Labute approximate surface area is 123 Å². The summed E-state index contributed by atoms with van der Waals surface area (Å²) >= 11 is 11.7. The van der Waals surface area contributed by atoms with Crippen LogP contribution in [-0.4, -0.2) is 29.3 Å². The average Bonchev–Trinajstić information content (AvgIpc) is 2.38. The zero-order chi connectivity index (χ0) is 14.4. The van der Waals surface area contributed by atoms with E-state index in [0.717, 1.165) is 18.9 Å². The Hall–Kier alpha value is -0.800. The molecule has 0 aliphatic heterocycles. The second-order valence-electron chi connectivity index (χ2n) is 4.28. The fourth-order valence-electron chi connectivity index (χ4n) is 2.09. The van der Waals surface area contributed by atoms with Crippen LogP contribution >= 0.6 is 23.2 Å². The van der Waals surface area contributed by atoms with Gasteiger partial charge in [0.15, 0.2) is 0 Å². The molecular formula is C14H18Cl2FNO. The normalized spacial score (nSPS) is 10.8. The van der Waals surface area contributed by atoms with E-state index in [1.54, 1.807) is 4.90 Å². The zero-order valence-corrected chi connectivity index (χ0v) is 12.6. The van der Waals surface area contributed by atoms with E-state index in [9.17, 15) is 9.18 Å². The van der Waals surface area contributed by atoms with E-state index in [2.05, 4.69) is 0 Å². The third-order valence-corrected chi connectivity index (χ3v) is 3.61. The van der Waals surface area contributed by atoms with E-state index in [-0.39, 0.29) is 17.0 Å². The number of benzene rings is 1. The maximum Gasteiger partial charge on any atom is 0.255 e. The summed E-state index contributed by atoms with van der Waals surface area (Å²) in [6.07, 6.45) is 1.69. The van der Waals surface area contributed by atoms with E-state index in [0.29, 0.717) is 18.0 Å². The predicted molar refractivity (Wildman–Crippen MR) is 77.5 cm³/mol. The van der Waals surface area contributed by atoms with Gasteiger partial charge in [0.2, 0.25) is 0 Å². The van der Waals surface area contributed by atoms with E-state index < -0.39 is 5.82 Å². The SMILES string of the molecule is CCC(CC)N(CCCl)C(=O)c1ccc(F)cc1Cl. The van der Waals surface area contributed by atoms with Crippen molar-refractivity contribution in [2.24, 2.45) is 0 Å². The van der Waals surface area contributed by atoms with Crippen LogP contribution in [0.3, 0.4) is 0 Å². The highest BCUT2D eigenvalue weighted by atomic mass is 35.5. The molecule has 0 radical (unpaired) electrons. The Morgan fingerprint density at radius 2 is 2.00 bits per heavy atom. The zero-order valence-electron chi connectivity index (χ0n) is 11.1. The summed E-state index contributed by atoms with van der Waals surface area (Å²) in [5.41, 5.74) is 0.320. The smallest absolute Gasteiger partial charge is 0.255 e. The molecule has 0 N–H and O–H groups in total. The minimum atomic E-state index is -0.451. The quantitative estimate of drug-likeness (QED) is 0.716. The fourth-order valence-corrected chi connectivity index (χ4v) is 2.52. The number of halogens is 3. The molecule has 2 nitrogen and oxygen atoms in total. The van der Waals surface area contributed by atoms with Gasteiger partial charge in [0.25, 0.3) is 5.91 Å². The second-order valence-corrected chi connectivity index (χ2v) is 5.07. The van der Waals surface area contributed by atoms with Crippen molar-refractivity contribution in [1.82, 2.24) is 4.90 Å². The van der Waals surface area contributed by atoms with Gasteiger partial charge < -0.3 is 4.90 Å². The predicted octanol–water partition coefficient (Wildman–Crippen LogP) is 4.35. The maximum atomic E-state index is 13.0. The summed E-state index contributed by atoms with van der Waals surface area (Å²) in [5.74, 6) is -0.284. The van der Waals surface area contributed by atoms with Crippen LogP contribution in [0, 0.1) is 5.82 Å². The van der Waals surface area contributed by atoms with Gasteiger partial charge in [0.1, 0.15) is 5.82 Å². The van der Waals surface area contributed by atoms with Gasteiger partial charge in [-0.25, -0.2) is 4.39 Å². The molecular weight excluding hydrogens is 288 g/mol.